The van der Waals surface area contributed by atoms with Gasteiger partial charge in [-0.2, -0.15) is 0 Å². The van der Waals surface area contributed by atoms with E-state index in [0.717, 1.165) is 5.69 Å². The predicted octanol–water partition coefficient (Wildman–Crippen LogP) is 4.39. The van der Waals surface area contributed by atoms with E-state index >= 15 is 0 Å². The van der Waals surface area contributed by atoms with Crippen LogP contribution in [0.5, 0.6) is 0 Å². The van der Waals surface area contributed by atoms with E-state index in [-0.39, 0.29) is 5.56 Å². The predicted molar refractivity (Wildman–Crippen MR) is 97.1 cm³/mol. The van der Waals surface area contributed by atoms with Crippen molar-refractivity contribution < 1.29 is 9.18 Å². The van der Waals surface area contributed by atoms with Crippen LogP contribution in [0.15, 0.2) is 66.9 Å². The molecule has 3 aromatic rings. The molecule has 0 radical (unpaired) electrons. The molecule has 126 valence electrons. The molecule has 3 rings (SSSR count). The topological polar surface area (TPSA) is 54.0 Å². The van der Waals surface area contributed by atoms with E-state index < -0.39 is 11.7 Å². The Balaban J connectivity index is 1.60. The lowest BCUT2D eigenvalue weighted by molar-refractivity contribution is 0.102. The van der Waals surface area contributed by atoms with Crippen LogP contribution in [0.4, 0.5) is 15.9 Å². The summed E-state index contributed by atoms with van der Waals surface area (Å²) in [6.07, 6.45) is 1.63. The van der Waals surface area contributed by atoms with Gasteiger partial charge in [-0.1, -0.05) is 42.0 Å². The molecule has 4 nitrogen and oxygen atoms in total. The molecule has 5 heteroatoms. The number of nitrogens with one attached hydrogen (secondary N) is 2. The van der Waals surface area contributed by atoms with Crippen molar-refractivity contribution in [2.45, 2.75) is 13.5 Å². The Labute approximate surface area is 145 Å². The Morgan fingerprint density at radius 3 is 2.64 bits per heavy atom. The van der Waals surface area contributed by atoms with Crippen molar-refractivity contribution in [1.82, 2.24) is 4.98 Å². The highest BCUT2D eigenvalue weighted by molar-refractivity contribution is 6.03. The molecule has 0 bridgehead atoms. The number of hydrogen-bond acceptors (Lipinski definition) is 3. The number of pyridine rings is 1. The molecule has 2 N–H and O–H groups in total. The van der Waals surface area contributed by atoms with Crippen LogP contribution < -0.4 is 10.6 Å². The Bertz CT molecular complexity index is 878. The Kier molecular flexibility index (Phi) is 5.04. The third kappa shape index (κ3) is 4.41. The van der Waals surface area contributed by atoms with Gasteiger partial charge in [-0.15, -0.1) is 0 Å². The molecule has 25 heavy (non-hydrogen) atoms. The number of anilines is 2. The third-order valence-corrected chi connectivity index (χ3v) is 3.70. The van der Waals surface area contributed by atoms with Gasteiger partial charge in [-0.3, -0.25) is 4.79 Å². The monoisotopic (exact) mass is 335 g/mol. The maximum absolute atomic E-state index is 13.6. The number of hydrogen-bond donors (Lipinski definition) is 2. The van der Waals surface area contributed by atoms with Crippen molar-refractivity contribution in [2.24, 2.45) is 0 Å². The summed E-state index contributed by atoms with van der Waals surface area (Å²) in [5.41, 5.74) is 3.22. The largest absolute Gasteiger partial charge is 0.380 e. The van der Waals surface area contributed by atoms with E-state index in [9.17, 15) is 9.18 Å². The number of benzene rings is 2. The molecular formula is C20H18FN3O. The highest BCUT2D eigenvalue weighted by Gasteiger charge is 2.11. The highest BCUT2D eigenvalue weighted by atomic mass is 19.1. The van der Waals surface area contributed by atoms with E-state index in [1.165, 1.54) is 23.3 Å². The molecule has 1 heterocycles. The number of rotatable bonds is 5. The van der Waals surface area contributed by atoms with Crippen molar-refractivity contribution in [3.05, 3.63) is 89.4 Å². The molecule has 0 atom stereocenters. The van der Waals surface area contributed by atoms with E-state index in [0.29, 0.717) is 12.4 Å². The van der Waals surface area contributed by atoms with Gasteiger partial charge >= 0.3 is 0 Å². The molecule has 1 aromatic heterocycles. The molecule has 0 aliphatic heterocycles. The summed E-state index contributed by atoms with van der Waals surface area (Å²) in [6, 6.07) is 17.6. The quantitative estimate of drug-likeness (QED) is 0.727. The van der Waals surface area contributed by atoms with E-state index in [4.69, 9.17) is 0 Å². The van der Waals surface area contributed by atoms with Crippen LogP contribution >= 0.6 is 0 Å². The second-order valence-electron chi connectivity index (χ2n) is 5.71. The zero-order valence-corrected chi connectivity index (χ0v) is 13.8. The van der Waals surface area contributed by atoms with Gasteiger partial charge in [0.2, 0.25) is 0 Å². The molecule has 1 amide bonds. The summed E-state index contributed by atoms with van der Waals surface area (Å²) in [7, 11) is 0. The maximum Gasteiger partial charge on any atom is 0.259 e. The second-order valence-corrected chi connectivity index (χ2v) is 5.71. The van der Waals surface area contributed by atoms with Gasteiger partial charge in [0, 0.05) is 6.54 Å². The van der Waals surface area contributed by atoms with Gasteiger partial charge in [-0.05, 0) is 36.8 Å². The van der Waals surface area contributed by atoms with Crippen LogP contribution in [0.3, 0.4) is 0 Å². The normalized spacial score (nSPS) is 10.3. The fraction of sp³-hybridized carbons (Fsp3) is 0.100. The van der Waals surface area contributed by atoms with Gasteiger partial charge in [0.15, 0.2) is 0 Å². The van der Waals surface area contributed by atoms with Crippen LogP contribution in [0, 0.1) is 12.7 Å². The van der Waals surface area contributed by atoms with Gasteiger partial charge in [-0.25, -0.2) is 9.37 Å². The van der Waals surface area contributed by atoms with E-state index in [2.05, 4.69) is 40.7 Å². The lowest BCUT2D eigenvalue weighted by atomic mass is 10.1. The summed E-state index contributed by atoms with van der Waals surface area (Å²) >= 11 is 0. The Hall–Kier alpha value is -3.21. The second kappa shape index (κ2) is 7.57. The molecule has 0 saturated heterocycles. The first-order valence-corrected chi connectivity index (χ1v) is 7.93. The first-order valence-electron chi connectivity index (χ1n) is 7.93. The molecule has 0 aliphatic carbocycles. The molecular weight excluding hydrogens is 317 g/mol. The lowest BCUT2D eigenvalue weighted by Crippen LogP contribution is -2.14. The van der Waals surface area contributed by atoms with Crippen molar-refractivity contribution >= 4 is 17.4 Å². The number of amides is 1. The number of aryl methyl sites for hydroxylation is 1. The highest BCUT2D eigenvalue weighted by Crippen LogP contribution is 2.14. The molecule has 0 unspecified atom stereocenters. The first kappa shape index (κ1) is 16.6. The average Bonchev–Trinajstić information content (AvgIpc) is 2.61. The van der Waals surface area contributed by atoms with Crippen molar-refractivity contribution in [3.63, 3.8) is 0 Å². The van der Waals surface area contributed by atoms with Crippen LogP contribution in [-0.2, 0) is 6.54 Å². The first-order chi connectivity index (χ1) is 12.1. The minimum atomic E-state index is -0.559. The van der Waals surface area contributed by atoms with Crippen molar-refractivity contribution in [2.75, 3.05) is 10.6 Å². The number of carbonyl (C=O) groups is 1. The van der Waals surface area contributed by atoms with Gasteiger partial charge in [0.25, 0.3) is 5.91 Å². The minimum absolute atomic E-state index is 0.00838. The zero-order chi connectivity index (χ0) is 17.6. The number of nitrogens with zero attached hydrogens (tertiary/aromatic N) is 1. The van der Waals surface area contributed by atoms with Gasteiger partial charge in [0.05, 0.1) is 17.4 Å². The summed E-state index contributed by atoms with van der Waals surface area (Å²) in [5, 5.41) is 5.86. The molecule has 0 aliphatic rings. The Morgan fingerprint density at radius 2 is 1.92 bits per heavy atom. The molecule has 0 spiro atoms. The maximum atomic E-state index is 13.6. The fourth-order valence-corrected chi connectivity index (χ4v) is 2.43. The summed E-state index contributed by atoms with van der Waals surface area (Å²) in [5.74, 6) is -0.711. The zero-order valence-electron chi connectivity index (χ0n) is 13.8. The van der Waals surface area contributed by atoms with Gasteiger partial charge in [0.1, 0.15) is 11.6 Å². The van der Waals surface area contributed by atoms with Crippen molar-refractivity contribution in [1.29, 1.82) is 0 Å². The third-order valence-electron chi connectivity index (χ3n) is 3.70. The van der Waals surface area contributed by atoms with E-state index in [1.807, 2.05) is 12.1 Å². The summed E-state index contributed by atoms with van der Waals surface area (Å²) < 4.78 is 13.6. The number of aromatic nitrogens is 1. The van der Waals surface area contributed by atoms with Crippen LogP contribution in [0.25, 0.3) is 0 Å². The SMILES string of the molecule is Cc1cccc(CNc2ccc(NC(=O)c3ccccc3F)nc2)c1. The minimum Gasteiger partial charge on any atom is -0.380 e. The van der Waals surface area contributed by atoms with Crippen molar-refractivity contribution in [3.8, 4) is 0 Å². The van der Waals surface area contributed by atoms with E-state index in [1.54, 1.807) is 24.4 Å². The molecule has 0 fully saturated rings. The average molecular weight is 335 g/mol. The number of halogens is 1. The van der Waals surface area contributed by atoms with Gasteiger partial charge < -0.3 is 10.6 Å². The van der Waals surface area contributed by atoms with Crippen LogP contribution in [0.2, 0.25) is 0 Å². The molecule has 2 aromatic carbocycles. The Morgan fingerprint density at radius 1 is 1.08 bits per heavy atom. The molecule has 0 saturated carbocycles. The van der Waals surface area contributed by atoms with Crippen LogP contribution in [-0.4, -0.2) is 10.9 Å². The smallest absolute Gasteiger partial charge is 0.259 e. The summed E-state index contributed by atoms with van der Waals surface area (Å²) in [4.78, 5) is 16.2. The standard InChI is InChI=1S/C20H18FN3O/c1-14-5-4-6-15(11-14)12-22-16-9-10-19(23-13-16)24-20(25)17-7-2-3-8-18(17)21/h2-11,13,22H,12H2,1H3,(H,23,24,25). The lowest BCUT2D eigenvalue weighted by Gasteiger charge is -2.09. The van der Waals surface area contributed by atoms with Crippen LogP contribution in [0.1, 0.15) is 21.5 Å². The summed E-state index contributed by atoms with van der Waals surface area (Å²) in [6.45, 7) is 2.74. The fourth-order valence-electron chi connectivity index (χ4n) is 2.43. The number of carbonyl (C=O) groups excluding carboxylic acids is 1.